The smallest absolute Gasteiger partial charge is 0.236 e. The van der Waals surface area contributed by atoms with Crippen LogP contribution in [0.15, 0.2) is 42.5 Å². The molecule has 2 spiro atoms. The predicted molar refractivity (Wildman–Crippen MR) is 172 cm³/mol. The number of likely N-dealkylation sites (tertiary alicyclic amines) is 1. The molecule has 44 heavy (non-hydrogen) atoms. The first-order valence-electron chi connectivity index (χ1n) is 15.9. The minimum Gasteiger partial charge on any atom is -0.365 e. The summed E-state index contributed by atoms with van der Waals surface area (Å²) in [6.07, 6.45) is 1.05. The van der Waals surface area contributed by atoms with E-state index in [1.165, 1.54) is 0 Å². The molecule has 234 valence electrons. The summed E-state index contributed by atoms with van der Waals surface area (Å²) in [7, 11) is -5.56. The Morgan fingerprint density at radius 3 is 2.34 bits per heavy atom. The summed E-state index contributed by atoms with van der Waals surface area (Å²) < 4.78 is 37.5. The summed E-state index contributed by atoms with van der Waals surface area (Å²) in [5.41, 5.74) is 2.86. The molecule has 0 aromatic heterocycles. The van der Waals surface area contributed by atoms with E-state index in [-0.39, 0.29) is 35.6 Å². The number of nitrogens with zero attached hydrogens (tertiary/aromatic N) is 4. The lowest BCUT2D eigenvalue weighted by Gasteiger charge is -2.63. The van der Waals surface area contributed by atoms with Crippen LogP contribution in [0.4, 0.5) is 11.4 Å². The number of carbonyl (C=O) groups is 2. The molecule has 3 fully saturated rings. The van der Waals surface area contributed by atoms with Gasteiger partial charge in [0, 0.05) is 39.2 Å². The summed E-state index contributed by atoms with van der Waals surface area (Å²) in [4.78, 5) is 33.0. The first kappa shape index (κ1) is 28.7. The number of anilines is 2. The number of hydrogen-bond acceptors (Lipinski definition) is 6. The van der Waals surface area contributed by atoms with Gasteiger partial charge in [-0.25, -0.2) is 12.7 Å². The normalized spacial score (nSPS) is 35.6. The lowest BCUT2D eigenvalue weighted by atomic mass is 9.50. The molecule has 0 N–H and O–H groups in total. The van der Waals surface area contributed by atoms with Gasteiger partial charge in [-0.15, -0.1) is 0 Å². The number of benzene rings is 2. The average Bonchev–Trinajstić information content (AvgIpc) is 3.32. The summed E-state index contributed by atoms with van der Waals surface area (Å²) in [6.45, 7) is 13.7. The third-order valence-electron chi connectivity index (χ3n) is 11.7. The molecule has 6 aliphatic heterocycles. The minimum absolute atomic E-state index is 0.0132. The third kappa shape index (κ3) is 3.34. The quantitative estimate of drug-likeness (QED) is 0.269. The van der Waals surface area contributed by atoms with Crippen LogP contribution in [0, 0.1) is 0 Å². The van der Waals surface area contributed by atoms with Gasteiger partial charge in [0.2, 0.25) is 22.3 Å². The Bertz CT molecular complexity index is 1720. The Labute approximate surface area is 261 Å². The zero-order valence-electron chi connectivity index (χ0n) is 26.4. The molecule has 2 aromatic carbocycles. The number of fused-ring (bicyclic) bond motifs is 1. The molecule has 11 heteroatoms. The highest BCUT2D eigenvalue weighted by Crippen LogP contribution is 2.73. The molecule has 7 atom stereocenters. The van der Waals surface area contributed by atoms with Gasteiger partial charge in [-0.2, -0.15) is 0 Å². The second kappa shape index (κ2) is 8.74. The van der Waals surface area contributed by atoms with E-state index in [0.717, 1.165) is 28.8 Å². The van der Waals surface area contributed by atoms with Gasteiger partial charge in [0.15, 0.2) is 0 Å². The van der Waals surface area contributed by atoms with Crippen LogP contribution in [0.5, 0.6) is 0 Å². The van der Waals surface area contributed by atoms with Crippen LogP contribution < -0.4 is 9.21 Å². The number of ether oxygens (including phenoxy) is 1. The number of piperidine rings is 1. The standard InChI is InChI=1S/C33H42N4O5SSi/c1-21(39)34-16-14-32-23-11-7-8-12-24(23)37(43(40,41)18-19-44(4,5)6)30-33(32)15-17-35(29(32)34)27(28-31(2,3)42-28)22-10-9-13-25(26(22)33)36(30)20-38/h7-13,20,27-30H,14-19H2,1-6H3/t27-,28+,29+,30-,32-,33-/m0/s1. The van der Waals surface area contributed by atoms with Gasteiger partial charge in [-0.3, -0.25) is 19.4 Å². The van der Waals surface area contributed by atoms with Gasteiger partial charge >= 0.3 is 0 Å². The molecular weight excluding hydrogens is 593 g/mol. The largest absolute Gasteiger partial charge is 0.365 e. The number of amides is 2. The van der Waals surface area contributed by atoms with E-state index < -0.39 is 35.1 Å². The zero-order chi connectivity index (χ0) is 31.2. The van der Waals surface area contributed by atoms with Gasteiger partial charge in [0.25, 0.3) is 0 Å². The second-order valence-corrected chi connectivity index (χ2v) is 23.0. The lowest BCUT2D eigenvalue weighted by molar-refractivity contribution is -0.140. The van der Waals surface area contributed by atoms with Gasteiger partial charge in [0.05, 0.1) is 34.7 Å². The van der Waals surface area contributed by atoms with Crippen molar-refractivity contribution >= 4 is 41.8 Å². The summed E-state index contributed by atoms with van der Waals surface area (Å²) in [5.74, 6) is 0.0493. The van der Waals surface area contributed by atoms with E-state index in [9.17, 15) is 18.0 Å². The third-order valence-corrected chi connectivity index (χ3v) is 15.5. The van der Waals surface area contributed by atoms with Crippen molar-refractivity contribution in [3.8, 4) is 0 Å². The average molecular weight is 635 g/mol. The highest BCUT2D eigenvalue weighted by molar-refractivity contribution is 7.92. The predicted octanol–water partition coefficient (Wildman–Crippen LogP) is 4.17. The molecule has 3 saturated heterocycles. The van der Waals surface area contributed by atoms with Gasteiger partial charge in [-0.05, 0) is 61.6 Å². The number of hydrogen-bond donors (Lipinski definition) is 0. The Morgan fingerprint density at radius 2 is 1.68 bits per heavy atom. The SMILES string of the molecule is CC(=O)N1CC[C@@]23c4ccccc4N(S(=O)(=O)CC[Si](C)(C)C)[C@@H]4N(C=O)c5cccc6c5[C@@]42CCN([C@@H]13)[C@@H]6[C@H]1OC1(C)C. The maximum atomic E-state index is 14.8. The van der Waals surface area contributed by atoms with E-state index >= 15 is 0 Å². The molecule has 0 aliphatic carbocycles. The maximum Gasteiger partial charge on any atom is 0.236 e. The molecule has 1 unspecified atom stereocenters. The second-order valence-electron chi connectivity index (χ2n) is 15.4. The minimum atomic E-state index is -3.85. The van der Waals surface area contributed by atoms with Crippen LogP contribution in [0.1, 0.15) is 56.3 Å². The van der Waals surface area contributed by atoms with E-state index in [4.69, 9.17) is 4.74 Å². The molecule has 2 bridgehead atoms. The van der Waals surface area contributed by atoms with Crippen molar-refractivity contribution in [1.29, 1.82) is 0 Å². The highest BCUT2D eigenvalue weighted by atomic mass is 32.2. The van der Waals surface area contributed by atoms with Crippen LogP contribution in [-0.4, -0.2) is 81.5 Å². The van der Waals surface area contributed by atoms with E-state index in [2.05, 4.69) is 50.5 Å². The van der Waals surface area contributed by atoms with Crippen LogP contribution in [0.3, 0.4) is 0 Å². The van der Waals surface area contributed by atoms with Crippen molar-refractivity contribution in [1.82, 2.24) is 9.80 Å². The summed E-state index contributed by atoms with van der Waals surface area (Å²) in [5, 5.41) is 0. The topological polar surface area (TPSA) is 93.8 Å². The first-order valence-corrected chi connectivity index (χ1v) is 21.2. The van der Waals surface area contributed by atoms with Gasteiger partial charge < -0.3 is 9.64 Å². The molecule has 0 saturated carbocycles. The van der Waals surface area contributed by atoms with Crippen molar-refractivity contribution in [3.05, 3.63) is 59.2 Å². The van der Waals surface area contributed by atoms with Crippen molar-refractivity contribution in [2.75, 3.05) is 28.0 Å². The molecule has 2 aromatic rings. The summed E-state index contributed by atoms with van der Waals surface area (Å²) >= 11 is 0. The van der Waals surface area contributed by atoms with Crippen molar-refractivity contribution in [3.63, 3.8) is 0 Å². The number of sulfonamides is 1. The van der Waals surface area contributed by atoms with Crippen LogP contribution in [-0.2, 0) is 35.2 Å². The molecule has 9 nitrogen and oxygen atoms in total. The fourth-order valence-electron chi connectivity index (χ4n) is 9.92. The van der Waals surface area contributed by atoms with Crippen LogP contribution >= 0.6 is 0 Å². The van der Waals surface area contributed by atoms with Crippen molar-refractivity contribution in [2.45, 2.75) is 100 Å². The van der Waals surface area contributed by atoms with Crippen molar-refractivity contribution < 1.29 is 22.7 Å². The fraction of sp³-hybridized carbons (Fsp3) is 0.576. The van der Waals surface area contributed by atoms with Crippen LogP contribution in [0.25, 0.3) is 0 Å². The Hall–Kier alpha value is -2.73. The maximum absolute atomic E-state index is 14.8. The van der Waals surface area contributed by atoms with Crippen molar-refractivity contribution in [2.24, 2.45) is 0 Å². The number of epoxide rings is 1. The molecule has 0 radical (unpaired) electrons. The Morgan fingerprint density at radius 1 is 1.00 bits per heavy atom. The Balaban J connectivity index is 1.49. The number of rotatable bonds is 6. The van der Waals surface area contributed by atoms with Crippen LogP contribution in [0.2, 0.25) is 25.7 Å². The van der Waals surface area contributed by atoms with E-state index in [1.807, 2.05) is 35.2 Å². The van der Waals surface area contributed by atoms with Gasteiger partial charge in [-0.1, -0.05) is 50.0 Å². The molecule has 6 heterocycles. The van der Waals surface area contributed by atoms with E-state index in [0.29, 0.717) is 37.7 Å². The number of carbonyl (C=O) groups excluding carboxylic acids is 2. The zero-order valence-corrected chi connectivity index (χ0v) is 28.2. The number of para-hydroxylation sites is 1. The monoisotopic (exact) mass is 634 g/mol. The lowest BCUT2D eigenvalue weighted by Crippen LogP contribution is -2.75. The molecule has 8 rings (SSSR count). The fourth-order valence-corrected chi connectivity index (χ4v) is 14.6. The van der Waals surface area contributed by atoms with Gasteiger partial charge in [0.1, 0.15) is 12.3 Å². The summed E-state index contributed by atoms with van der Waals surface area (Å²) in [6, 6.07) is 14.6. The first-order chi connectivity index (χ1) is 20.7. The Kier molecular flexibility index (Phi) is 5.71. The molecular formula is C33H42N4O5SSi. The van der Waals surface area contributed by atoms with E-state index in [1.54, 1.807) is 16.1 Å². The molecule has 6 aliphatic rings. The highest BCUT2D eigenvalue weighted by Gasteiger charge is 2.79. The molecule has 2 amide bonds.